The van der Waals surface area contributed by atoms with Crippen LogP contribution in [0, 0.1) is 34.3 Å². The maximum Gasteiger partial charge on any atom is 0.260 e. The minimum Gasteiger partial charge on any atom is -0.481 e. The number of rotatable bonds is 6. The molecule has 0 bridgehead atoms. The van der Waals surface area contributed by atoms with Gasteiger partial charge in [0.25, 0.3) is 5.91 Å². The number of hydrogen-bond acceptors (Lipinski definition) is 4. The first kappa shape index (κ1) is 20.6. The van der Waals surface area contributed by atoms with E-state index >= 15 is 0 Å². The lowest BCUT2D eigenvalue weighted by Crippen LogP contribution is -2.36. The van der Waals surface area contributed by atoms with Crippen molar-refractivity contribution in [3.8, 4) is 11.8 Å². The molecule has 1 aliphatic rings. The number of halogens is 2. The number of nitriles is 1. The number of ketones is 1. The van der Waals surface area contributed by atoms with Crippen molar-refractivity contribution in [3.05, 3.63) is 41.5 Å². The number of hydrogen-bond donors (Lipinski definition) is 0. The minimum absolute atomic E-state index is 0.0121. The molecule has 0 aliphatic heterocycles. The van der Waals surface area contributed by atoms with Crippen LogP contribution >= 0.6 is 0 Å². The molecular formula is C20H22F2N2O3. The van der Waals surface area contributed by atoms with Crippen molar-refractivity contribution in [1.29, 1.82) is 5.26 Å². The van der Waals surface area contributed by atoms with Crippen molar-refractivity contribution in [2.75, 3.05) is 20.2 Å². The molecule has 0 spiro atoms. The highest BCUT2D eigenvalue weighted by atomic mass is 19.1. The molecule has 2 rings (SSSR count). The molecule has 5 nitrogen and oxygen atoms in total. The van der Waals surface area contributed by atoms with E-state index in [1.54, 1.807) is 13.1 Å². The van der Waals surface area contributed by atoms with Crippen molar-refractivity contribution in [2.24, 2.45) is 11.3 Å². The molecule has 1 atom stereocenters. The van der Waals surface area contributed by atoms with Gasteiger partial charge in [-0.1, -0.05) is 19.9 Å². The van der Waals surface area contributed by atoms with E-state index in [-0.39, 0.29) is 35.5 Å². The summed E-state index contributed by atoms with van der Waals surface area (Å²) in [6, 6.07) is 4.82. The SMILES string of the molecule is CN(CCC1C=C(C#N)C(=O)C(C)(C)C1)C(=O)COc1ccc(F)cc1F. The van der Waals surface area contributed by atoms with E-state index < -0.39 is 17.0 Å². The van der Waals surface area contributed by atoms with Crippen LogP contribution in [0.1, 0.15) is 26.7 Å². The number of ether oxygens (including phenoxy) is 1. The third kappa shape index (κ3) is 5.13. The van der Waals surface area contributed by atoms with Gasteiger partial charge in [0.05, 0.1) is 5.57 Å². The van der Waals surface area contributed by atoms with E-state index in [0.29, 0.717) is 25.5 Å². The fraction of sp³-hybridized carbons (Fsp3) is 0.450. The van der Waals surface area contributed by atoms with E-state index in [2.05, 4.69) is 0 Å². The van der Waals surface area contributed by atoms with Crippen molar-refractivity contribution in [1.82, 2.24) is 4.90 Å². The van der Waals surface area contributed by atoms with Crippen LogP contribution < -0.4 is 4.74 Å². The predicted molar refractivity (Wildman–Crippen MR) is 94.7 cm³/mol. The fourth-order valence-electron chi connectivity index (χ4n) is 3.08. The Balaban J connectivity index is 1.88. The monoisotopic (exact) mass is 376 g/mol. The van der Waals surface area contributed by atoms with Gasteiger partial charge < -0.3 is 9.64 Å². The smallest absolute Gasteiger partial charge is 0.260 e. The molecule has 0 aromatic heterocycles. The number of likely N-dealkylation sites (N-methyl/N-ethyl adjacent to an activating group) is 1. The van der Waals surface area contributed by atoms with E-state index in [1.807, 2.05) is 19.9 Å². The zero-order valence-electron chi connectivity index (χ0n) is 15.6. The summed E-state index contributed by atoms with van der Waals surface area (Å²) in [4.78, 5) is 25.7. The average molecular weight is 376 g/mol. The molecule has 7 heteroatoms. The molecule has 1 amide bonds. The van der Waals surface area contributed by atoms with Crippen LogP contribution in [0.5, 0.6) is 5.75 Å². The molecular weight excluding hydrogens is 354 g/mol. The topological polar surface area (TPSA) is 70.4 Å². The van der Waals surface area contributed by atoms with Gasteiger partial charge in [-0.2, -0.15) is 5.26 Å². The molecule has 1 aromatic carbocycles. The lowest BCUT2D eigenvalue weighted by molar-refractivity contribution is -0.132. The Kier molecular flexibility index (Phi) is 6.32. The summed E-state index contributed by atoms with van der Waals surface area (Å²) in [5, 5.41) is 9.12. The van der Waals surface area contributed by atoms with Crippen LogP contribution in [-0.4, -0.2) is 36.8 Å². The zero-order valence-corrected chi connectivity index (χ0v) is 15.6. The highest BCUT2D eigenvalue weighted by Crippen LogP contribution is 2.36. The van der Waals surface area contributed by atoms with Crippen LogP contribution in [0.2, 0.25) is 0 Å². The Labute approximate surface area is 157 Å². The fourth-order valence-corrected chi connectivity index (χ4v) is 3.08. The Morgan fingerprint density at radius 2 is 2.11 bits per heavy atom. The first-order chi connectivity index (χ1) is 12.6. The maximum absolute atomic E-state index is 13.5. The van der Waals surface area contributed by atoms with Gasteiger partial charge in [0.15, 0.2) is 24.0 Å². The van der Waals surface area contributed by atoms with Gasteiger partial charge in [-0.3, -0.25) is 9.59 Å². The molecule has 144 valence electrons. The van der Waals surface area contributed by atoms with Crippen LogP contribution in [-0.2, 0) is 9.59 Å². The van der Waals surface area contributed by atoms with E-state index in [9.17, 15) is 18.4 Å². The molecule has 1 aliphatic carbocycles. The number of carbonyl (C=O) groups excluding carboxylic acids is 2. The summed E-state index contributed by atoms with van der Waals surface area (Å²) in [5.74, 6) is -2.27. The summed E-state index contributed by atoms with van der Waals surface area (Å²) < 4.78 is 31.5. The summed E-state index contributed by atoms with van der Waals surface area (Å²) in [6.45, 7) is 3.66. The molecule has 0 radical (unpaired) electrons. The Morgan fingerprint density at radius 1 is 1.41 bits per heavy atom. The quantitative estimate of drug-likeness (QED) is 0.764. The Hall–Kier alpha value is -2.75. The predicted octanol–water partition coefficient (Wildman–Crippen LogP) is 3.26. The Morgan fingerprint density at radius 3 is 2.74 bits per heavy atom. The molecule has 1 unspecified atom stereocenters. The Bertz CT molecular complexity index is 812. The van der Waals surface area contributed by atoms with Crippen LogP contribution in [0.25, 0.3) is 0 Å². The molecule has 0 N–H and O–H groups in total. The van der Waals surface area contributed by atoms with E-state index in [0.717, 1.165) is 12.1 Å². The molecule has 27 heavy (non-hydrogen) atoms. The number of Topliss-reactive ketones (excluding diaryl/α,β-unsaturated/α-hetero) is 1. The second-order valence-electron chi connectivity index (χ2n) is 7.34. The molecule has 1 aromatic rings. The summed E-state index contributed by atoms with van der Waals surface area (Å²) in [7, 11) is 1.60. The van der Waals surface area contributed by atoms with Crippen molar-refractivity contribution in [3.63, 3.8) is 0 Å². The number of allylic oxidation sites excluding steroid dienone is 2. The molecule has 0 saturated heterocycles. The first-order valence-corrected chi connectivity index (χ1v) is 8.62. The minimum atomic E-state index is -0.867. The summed E-state index contributed by atoms with van der Waals surface area (Å²) >= 11 is 0. The van der Waals surface area contributed by atoms with E-state index in [1.165, 1.54) is 4.90 Å². The summed E-state index contributed by atoms with van der Waals surface area (Å²) in [6.07, 6.45) is 2.88. The molecule has 0 heterocycles. The first-order valence-electron chi connectivity index (χ1n) is 8.62. The van der Waals surface area contributed by atoms with Crippen molar-refractivity contribution >= 4 is 11.7 Å². The normalized spacial score (nSPS) is 18.4. The molecule has 0 saturated carbocycles. The summed E-state index contributed by atoms with van der Waals surface area (Å²) in [5.41, 5.74) is -0.434. The van der Waals surface area contributed by atoms with Gasteiger partial charge in [0, 0.05) is 25.1 Å². The number of benzene rings is 1. The van der Waals surface area contributed by atoms with Crippen molar-refractivity contribution < 1.29 is 23.1 Å². The number of amides is 1. The van der Waals surface area contributed by atoms with Gasteiger partial charge in [0.2, 0.25) is 0 Å². The van der Waals surface area contributed by atoms with Crippen molar-refractivity contribution in [2.45, 2.75) is 26.7 Å². The van der Waals surface area contributed by atoms with Gasteiger partial charge in [-0.05, 0) is 30.9 Å². The van der Waals surface area contributed by atoms with Crippen LogP contribution in [0.4, 0.5) is 8.78 Å². The third-order valence-electron chi connectivity index (χ3n) is 4.66. The van der Waals surface area contributed by atoms with Gasteiger partial charge >= 0.3 is 0 Å². The molecule has 0 fully saturated rings. The van der Waals surface area contributed by atoms with Gasteiger partial charge in [-0.15, -0.1) is 0 Å². The number of carbonyl (C=O) groups is 2. The highest BCUT2D eigenvalue weighted by Gasteiger charge is 2.36. The lowest BCUT2D eigenvalue weighted by Gasteiger charge is -2.32. The van der Waals surface area contributed by atoms with Gasteiger partial charge in [-0.25, -0.2) is 8.78 Å². The second-order valence-corrected chi connectivity index (χ2v) is 7.34. The van der Waals surface area contributed by atoms with Gasteiger partial charge in [0.1, 0.15) is 11.9 Å². The van der Waals surface area contributed by atoms with E-state index in [4.69, 9.17) is 10.00 Å². The average Bonchev–Trinajstić information content (AvgIpc) is 2.61. The van der Waals surface area contributed by atoms with Crippen LogP contribution in [0.3, 0.4) is 0 Å². The number of nitrogens with zero attached hydrogens (tertiary/aromatic N) is 2. The second kappa shape index (κ2) is 8.30. The lowest BCUT2D eigenvalue weighted by atomic mass is 9.71. The maximum atomic E-state index is 13.5. The largest absolute Gasteiger partial charge is 0.481 e. The third-order valence-corrected chi connectivity index (χ3v) is 4.66. The standard InChI is InChI=1S/C20H22F2N2O3/c1-20(2)10-13(8-14(11-23)19(20)26)6-7-24(3)18(25)12-27-17-5-4-15(21)9-16(17)22/h4-5,8-9,13H,6-7,10,12H2,1-3H3. The zero-order chi connectivity index (χ0) is 20.2. The van der Waals surface area contributed by atoms with Crippen LogP contribution in [0.15, 0.2) is 29.8 Å². The highest BCUT2D eigenvalue weighted by molar-refractivity contribution is 6.03.